The lowest BCUT2D eigenvalue weighted by molar-refractivity contribution is 0.0472. The third-order valence-corrected chi connectivity index (χ3v) is 3.80. The molecule has 0 radical (unpaired) electrons. The highest BCUT2D eigenvalue weighted by molar-refractivity contribution is 5.89. The Balaban J connectivity index is 2.25. The van der Waals surface area contributed by atoms with Crippen molar-refractivity contribution in [2.24, 2.45) is 0 Å². The summed E-state index contributed by atoms with van der Waals surface area (Å²) in [6, 6.07) is 13.1. The van der Waals surface area contributed by atoms with Crippen molar-refractivity contribution < 1.29 is 9.53 Å². The molecule has 1 aromatic carbocycles. The zero-order valence-electron chi connectivity index (χ0n) is 15.5. The van der Waals surface area contributed by atoms with E-state index in [2.05, 4.69) is 41.5 Å². The van der Waals surface area contributed by atoms with Crippen molar-refractivity contribution in [3.05, 3.63) is 65.0 Å². The van der Waals surface area contributed by atoms with E-state index in [-0.39, 0.29) is 23.4 Å². The third kappa shape index (κ3) is 4.67. The summed E-state index contributed by atoms with van der Waals surface area (Å²) in [7, 11) is 0. The van der Waals surface area contributed by atoms with E-state index in [1.807, 2.05) is 30.3 Å². The Morgan fingerprint density at radius 3 is 1.88 bits per heavy atom. The van der Waals surface area contributed by atoms with Gasteiger partial charge in [0.25, 0.3) is 0 Å². The van der Waals surface area contributed by atoms with Crippen LogP contribution in [0, 0.1) is 0 Å². The largest absolute Gasteiger partial charge is 0.457 e. The molecule has 1 heterocycles. The molecule has 3 heteroatoms. The molecule has 0 amide bonds. The fourth-order valence-corrected chi connectivity index (χ4v) is 2.25. The van der Waals surface area contributed by atoms with E-state index in [0.717, 1.165) is 17.0 Å². The summed E-state index contributed by atoms with van der Waals surface area (Å²) in [5.74, 6) is -0.304. The van der Waals surface area contributed by atoms with E-state index in [9.17, 15) is 4.79 Å². The Morgan fingerprint density at radius 2 is 1.42 bits per heavy atom. The van der Waals surface area contributed by atoms with E-state index in [1.165, 1.54) is 0 Å². The minimum Gasteiger partial charge on any atom is -0.457 e. The zero-order chi connectivity index (χ0) is 18.0. The molecule has 0 aliphatic rings. The summed E-state index contributed by atoms with van der Waals surface area (Å²) in [6.07, 6.45) is 0. The Labute approximate surface area is 145 Å². The molecule has 0 N–H and O–H groups in total. The van der Waals surface area contributed by atoms with Crippen LogP contribution in [0.5, 0.6) is 0 Å². The molecule has 24 heavy (non-hydrogen) atoms. The van der Waals surface area contributed by atoms with Crippen molar-refractivity contribution in [1.82, 2.24) is 4.98 Å². The normalized spacial score (nSPS) is 12.1. The topological polar surface area (TPSA) is 39.2 Å². The maximum Gasteiger partial charge on any atom is 0.338 e. The third-order valence-electron chi connectivity index (χ3n) is 3.80. The highest BCUT2D eigenvalue weighted by Gasteiger charge is 2.22. The number of ether oxygens (including phenoxy) is 1. The SMILES string of the molecule is CC(C)(C)c1cc(COC(=O)c2ccccc2)cc(C(C)(C)C)n1. The fourth-order valence-electron chi connectivity index (χ4n) is 2.25. The lowest BCUT2D eigenvalue weighted by atomic mass is 9.86. The molecule has 128 valence electrons. The van der Waals surface area contributed by atoms with E-state index in [4.69, 9.17) is 9.72 Å². The summed E-state index contributed by atoms with van der Waals surface area (Å²) < 4.78 is 5.48. The molecule has 0 aliphatic carbocycles. The standard InChI is InChI=1S/C21H27NO2/c1-20(2,3)17-12-15(13-18(22-17)21(4,5)6)14-24-19(23)16-10-8-7-9-11-16/h7-13H,14H2,1-6H3. The average Bonchev–Trinajstić information content (AvgIpc) is 2.51. The maximum atomic E-state index is 12.1. The molecular formula is C21H27NO2. The molecule has 3 nitrogen and oxygen atoms in total. The predicted molar refractivity (Wildman–Crippen MR) is 97.2 cm³/mol. The lowest BCUT2D eigenvalue weighted by Crippen LogP contribution is -2.21. The minimum absolute atomic E-state index is 0.0561. The van der Waals surface area contributed by atoms with Gasteiger partial charge in [-0.25, -0.2) is 4.79 Å². The second-order valence-electron chi connectivity index (χ2n) is 8.19. The van der Waals surface area contributed by atoms with E-state index >= 15 is 0 Å². The number of aromatic nitrogens is 1. The van der Waals surface area contributed by atoms with Gasteiger partial charge in [0.05, 0.1) is 5.56 Å². The number of pyridine rings is 1. The number of rotatable bonds is 3. The molecule has 0 saturated carbocycles. The van der Waals surface area contributed by atoms with Crippen LogP contribution >= 0.6 is 0 Å². The number of esters is 1. The Kier molecular flexibility index (Phi) is 5.12. The van der Waals surface area contributed by atoms with Crippen LogP contribution in [0.2, 0.25) is 0 Å². The lowest BCUT2D eigenvalue weighted by Gasteiger charge is -2.24. The molecule has 1 aromatic heterocycles. The van der Waals surface area contributed by atoms with Gasteiger partial charge >= 0.3 is 5.97 Å². The van der Waals surface area contributed by atoms with Gasteiger partial charge in [-0.15, -0.1) is 0 Å². The fraction of sp³-hybridized carbons (Fsp3) is 0.429. The van der Waals surface area contributed by atoms with Crippen molar-refractivity contribution in [3.63, 3.8) is 0 Å². The van der Waals surface area contributed by atoms with Crippen LogP contribution in [-0.2, 0) is 22.2 Å². The number of carbonyl (C=O) groups is 1. The first-order chi connectivity index (χ1) is 11.1. The summed E-state index contributed by atoms with van der Waals surface area (Å²) in [4.78, 5) is 17.0. The van der Waals surface area contributed by atoms with Gasteiger partial charge in [-0.3, -0.25) is 4.98 Å². The van der Waals surface area contributed by atoms with Crippen LogP contribution in [0.15, 0.2) is 42.5 Å². The molecule has 0 aliphatic heterocycles. The maximum absolute atomic E-state index is 12.1. The smallest absolute Gasteiger partial charge is 0.338 e. The first-order valence-corrected chi connectivity index (χ1v) is 8.31. The molecule has 0 unspecified atom stereocenters. The number of nitrogens with zero attached hydrogens (tertiary/aromatic N) is 1. The van der Waals surface area contributed by atoms with Gasteiger partial charge in [-0.2, -0.15) is 0 Å². The van der Waals surface area contributed by atoms with Crippen molar-refractivity contribution in [1.29, 1.82) is 0 Å². The number of hydrogen-bond acceptors (Lipinski definition) is 3. The summed E-state index contributed by atoms with van der Waals surface area (Å²) in [5, 5.41) is 0. The number of carbonyl (C=O) groups excluding carboxylic acids is 1. The molecule has 0 fully saturated rings. The van der Waals surface area contributed by atoms with Crippen LogP contribution in [0.3, 0.4) is 0 Å². The van der Waals surface area contributed by atoms with Crippen LogP contribution < -0.4 is 0 Å². The van der Waals surface area contributed by atoms with Crippen LogP contribution in [0.25, 0.3) is 0 Å². The van der Waals surface area contributed by atoms with Crippen molar-refractivity contribution in [2.45, 2.75) is 59.0 Å². The molecule has 0 atom stereocenters. The van der Waals surface area contributed by atoms with Crippen molar-refractivity contribution >= 4 is 5.97 Å². The van der Waals surface area contributed by atoms with Gasteiger partial charge in [0.15, 0.2) is 0 Å². The monoisotopic (exact) mass is 325 g/mol. The summed E-state index contributed by atoms with van der Waals surface area (Å²) in [5.41, 5.74) is 3.46. The first-order valence-electron chi connectivity index (χ1n) is 8.31. The van der Waals surface area contributed by atoms with Crippen LogP contribution in [0.4, 0.5) is 0 Å². The Hall–Kier alpha value is -2.16. The van der Waals surface area contributed by atoms with Gasteiger partial charge in [0.1, 0.15) is 6.61 Å². The molecule has 2 rings (SSSR count). The van der Waals surface area contributed by atoms with E-state index in [0.29, 0.717) is 5.56 Å². The predicted octanol–water partition coefficient (Wildman–Crippen LogP) is 5.03. The van der Waals surface area contributed by atoms with E-state index in [1.54, 1.807) is 12.1 Å². The minimum atomic E-state index is -0.304. The Bertz CT molecular complexity index is 675. The summed E-state index contributed by atoms with van der Waals surface area (Å²) >= 11 is 0. The van der Waals surface area contributed by atoms with Gasteiger partial charge in [-0.05, 0) is 29.8 Å². The van der Waals surface area contributed by atoms with Gasteiger partial charge in [0.2, 0.25) is 0 Å². The van der Waals surface area contributed by atoms with Crippen LogP contribution in [0.1, 0.15) is 68.9 Å². The van der Waals surface area contributed by atoms with Gasteiger partial charge < -0.3 is 4.74 Å². The zero-order valence-corrected chi connectivity index (χ0v) is 15.5. The highest BCUT2D eigenvalue weighted by atomic mass is 16.5. The van der Waals surface area contributed by atoms with E-state index < -0.39 is 0 Å². The van der Waals surface area contributed by atoms with Gasteiger partial charge in [-0.1, -0.05) is 59.7 Å². The highest BCUT2D eigenvalue weighted by Crippen LogP contribution is 2.27. The molecule has 0 saturated heterocycles. The second kappa shape index (κ2) is 6.76. The quantitative estimate of drug-likeness (QED) is 0.743. The molecule has 0 bridgehead atoms. The average molecular weight is 325 g/mol. The first kappa shape index (κ1) is 18.2. The summed E-state index contributed by atoms with van der Waals surface area (Å²) in [6.45, 7) is 13.1. The molecular weight excluding hydrogens is 298 g/mol. The van der Waals surface area contributed by atoms with Crippen molar-refractivity contribution in [2.75, 3.05) is 0 Å². The number of benzene rings is 1. The van der Waals surface area contributed by atoms with Gasteiger partial charge in [0, 0.05) is 22.2 Å². The second-order valence-corrected chi connectivity index (χ2v) is 8.19. The molecule has 2 aromatic rings. The number of hydrogen-bond donors (Lipinski definition) is 0. The van der Waals surface area contributed by atoms with Crippen molar-refractivity contribution in [3.8, 4) is 0 Å². The molecule has 0 spiro atoms. The van der Waals surface area contributed by atoms with Crippen LogP contribution in [-0.4, -0.2) is 11.0 Å². The Morgan fingerprint density at radius 1 is 0.917 bits per heavy atom.